The fraction of sp³-hybridized carbons (Fsp3) is 0.389. The number of ether oxygens (including phenoxy) is 1. The summed E-state index contributed by atoms with van der Waals surface area (Å²) in [6, 6.07) is 6.68. The number of nitrogens with one attached hydrogen (secondary N) is 2. The molecule has 0 radical (unpaired) electrons. The molecule has 0 saturated carbocycles. The van der Waals surface area contributed by atoms with Crippen LogP contribution < -0.4 is 15.4 Å². The SMILES string of the molecule is C=C(C)CN1C(=NCc2ccc(OC)cc2)NC2C1C(=O)NC(=O)N2C. The first-order chi connectivity index (χ1) is 12.4. The highest BCUT2D eigenvalue weighted by atomic mass is 16.5. The molecule has 0 bridgehead atoms. The molecule has 2 heterocycles. The number of hydrogen-bond donors (Lipinski definition) is 2. The van der Waals surface area contributed by atoms with Crippen LogP contribution in [0.5, 0.6) is 5.75 Å². The Balaban J connectivity index is 1.84. The molecule has 3 amide bonds. The number of carbonyl (C=O) groups excluding carboxylic acids is 2. The van der Waals surface area contributed by atoms with Crippen molar-refractivity contribution < 1.29 is 14.3 Å². The van der Waals surface area contributed by atoms with E-state index in [1.165, 1.54) is 4.90 Å². The number of imide groups is 1. The summed E-state index contributed by atoms with van der Waals surface area (Å²) in [6.45, 7) is 6.75. The maximum atomic E-state index is 12.4. The van der Waals surface area contributed by atoms with E-state index in [1.54, 1.807) is 14.2 Å². The van der Waals surface area contributed by atoms with Gasteiger partial charge in [0.25, 0.3) is 5.91 Å². The first-order valence-corrected chi connectivity index (χ1v) is 8.33. The molecule has 2 unspecified atom stereocenters. The lowest BCUT2D eigenvalue weighted by molar-refractivity contribution is -0.126. The molecule has 8 heteroatoms. The number of guanidine groups is 1. The van der Waals surface area contributed by atoms with Crippen molar-refractivity contribution in [2.24, 2.45) is 4.99 Å². The predicted octanol–water partition coefficient (Wildman–Crippen LogP) is 0.909. The van der Waals surface area contributed by atoms with Crippen LogP contribution in [0.1, 0.15) is 12.5 Å². The number of hydrogen-bond acceptors (Lipinski definition) is 4. The number of benzene rings is 1. The van der Waals surface area contributed by atoms with Crippen LogP contribution in [0.2, 0.25) is 0 Å². The summed E-state index contributed by atoms with van der Waals surface area (Å²) >= 11 is 0. The molecule has 0 aromatic heterocycles. The van der Waals surface area contributed by atoms with Crippen molar-refractivity contribution in [2.45, 2.75) is 25.7 Å². The maximum Gasteiger partial charge on any atom is 0.325 e. The summed E-state index contributed by atoms with van der Waals surface area (Å²) in [7, 11) is 3.27. The van der Waals surface area contributed by atoms with E-state index in [-0.39, 0.29) is 5.91 Å². The molecule has 2 saturated heterocycles. The van der Waals surface area contributed by atoms with Gasteiger partial charge in [0.2, 0.25) is 0 Å². The number of amides is 3. The molecular formula is C18H23N5O3. The summed E-state index contributed by atoms with van der Waals surface area (Å²) < 4.78 is 5.16. The fourth-order valence-electron chi connectivity index (χ4n) is 3.08. The number of likely N-dealkylation sites (N-methyl/N-ethyl adjacent to an activating group) is 1. The van der Waals surface area contributed by atoms with Gasteiger partial charge in [0.15, 0.2) is 12.0 Å². The van der Waals surface area contributed by atoms with Gasteiger partial charge in [-0.1, -0.05) is 24.3 Å². The topological polar surface area (TPSA) is 86.3 Å². The number of nitrogens with zero attached hydrogens (tertiary/aromatic N) is 3. The van der Waals surface area contributed by atoms with Crippen molar-refractivity contribution in [2.75, 3.05) is 20.7 Å². The number of rotatable bonds is 5. The summed E-state index contributed by atoms with van der Waals surface area (Å²) in [5.41, 5.74) is 1.91. The van der Waals surface area contributed by atoms with Gasteiger partial charge < -0.3 is 19.9 Å². The molecule has 1 aromatic carbocycles. The highest BCUT2D eigenvalue weighted by Crippen LogP contribution is 2.22. The second-order valence-electron chi connectivity index (χ2n) is 6.51. The van der Waals surface area contributed by atoms with Crippen LogP contribution in [0.25, 0.3) is 0 Å². The molecule has 0 spiro atoms. The Morgan fingerprint density at radius 3 is 2.62 bits per heavy atom. The van der Waals surface area contributed by atoms with Gasteiger partial charge in [0.05, 0.1) is 13.7 Å². The molecule has 2 aliphatic heterocycles. The largest absolute Gasteiger partial charge is 0.497 e. The first kappa shape index (κ1) is 17.8. The van der Waals surface area contributed by atoms with Crippen LogP contribution in [-0.4, -0.2) is 60.6 Å². The van der Waals surface area contributed by atoms with Gasteiger partial charge in [-0.3, -0.25) is 10.1 Å². The van der Waals surface area contributed by atoms with E-state index in [9.17, 15) is 9.59 Å². The van der Waals surface area contributed by atoms with Gasteiger partial charge in [-0.25, -0.2) is 9.79 Å². The predicted molar refractivity (Wildman–Crippen MR) is 97.7 cm³/mol. The highest BCUT2D eigenvalue weighted by molar-refractivity contribution is 6.04. The number of fused-ring (bicyclic) bond motifs is 1. The van der Waals surface area contributed by atoms with E-state index in [0.717, 1.165) is 16.9 Å². The van der Waals surface area contributed by atoms with Crippen molar-refractivity contribution in [1.29, 1.82) is 0 Å². The quantitative estimate of drug-likeness (QED) is 0.765. The lowest BCUT2D eigenvalue weighted by atomic mass is 10.1. The Morgan fingerprint density at radius 2 is 2.00 bits per heavy atom. The minimum atomic E-state index is -0.538. The van der Waals surface area contributed by atoms with E-state index in [0.29, 0.717) is 19.0 Å². The Kier molecular flexibility index (Phi) is 4.83. The summed E-state index contributed by atoms with van der Waals surface area (Å²) in [5.74, 6) is 1.03. The summed E-state index contributed by atoms with van der Waals surface area (Å²) in [6.07, 6.45) is -0.454. The lowest BCUT2D eigenvalue weighted by Crippen LogP contribution is -2.64. The minimum Gasteiger partial charge on any atom is -0.497 e. The molecule has 2 atom stereocenters. The van der Waals surface area contributed by atoms with E-state index in [2.05, 4.69) is 22.2 Å². The third-order valence-corrected chi connectivity index (χ3v) is 4.43. The van der Waals surface area contributed by atoms with Gasteiger partial charge in [-0.15, -0.1) is 0 Å². The van der Waals surface area contributed by atoms with Gasteiger partial charge >= 0.3 is 6.03 Å². The molecule has 138 valence electrons. The molecule has 1 aromatic rings. The van der Waals surface area contributed by atoms with Crippen LogP contribution >= 0.6 is 0 Å². The van der Waals surface area contributed by atoms with Crippen molar-refractivity contribution in [3.8, 4) is 5.75 Å². The molecule has 2 aliphatic rings. The van der Waals surface area contributed by atoms with Gasteiger partial charge in [0, 0.05) is 13.6 Å². The second-order valence-corrected chi connectivity index (χ2v) is 6.51. The monoisotopic (exact) mass is 357 g/mol. The van der Waals surface area contributed by atoms with Gasteiger partial charge in [-0.05, 0) is 24.6 Å². The van der Waals surface area contributed by atoms with Crippen molar-refractivity contribution >= 4 is 17.9 Å². The van der Waals surface area contributed by atoms with Crippen LogP contribution in [0.15, 0.2) is 41.4 Å². The number of urea groups is 1. The van der Waals surface area contributed by atoms with Crippen molar-refractivity contribution in [3.63, 3.8) is 0 Å². The van der Waals surface area contributed by atoms with E-state index >= 15 is 0 Å². The molecule has 0 aliphatic carbocycles. The average Bonchev–Trinajstić information content (AvgIpc) is 2.97. The zero-order valence-electron chi connectivity index (χ0n) is 15.2. The summed E-state index contributed by atoms with van der Waals surface area (Å²) in [4.78, 5) is 32.2. The van der Waals surface area contributed by atoms with E-state index in [1.807, 2.05) is 36.1 Å². The molecule has 8 nitrogen and oxygen atoms in total. The van der Waals surface area contributed by atoms with Crippen LogP contribution in [0.3, 0.4) is 0 Å². The van der Waals surface area contributed by atoms with Gasteiger partial charge in [0.1, 0.15) is 11.9 Å². The third kappa shape index (κ3) is 3.35. The Bertz CT molecular complexity index is 759. The second kappa shape index (κ2) is 7.07. The van der Waals surface area contributed by atoms with Crippen molar-refractivity contribution in [3.05, 3.63) is 42.0 Å². The Hall–Kier alpha value is -3.03. The lowest BCUT2D eigenvalue weighted by Gasteiger charge is -2.35. The smallest absolute Gasteiger partial charge is 0.325 e. The Labute approximate surface area is 152 Å². The molecular weight excluding hydrogens is 334 g/mol. The summed E-state index contributed by atoms with van der Waals surface area (Å²) in [5, 5.41) is 5.58. The van der Waals surface area contributed by atoms with Crippen molar-refractivity contribution in [1.82, 2.24) is 20.4 Å². The zero-order valence-corrected chi connectivity index (χ0v) is 15.2. The molecule has 3 rings (SSSR count). The number of carbonyl (C=O) groups is 2. The van der Waals surface area contributed by atoms with Crippen LogP contribution in [0.4, 0.5) is 4.79 Å². The fourth-order valence-corrected chi connectivity index (χ4v) is 3.08. The van der Waals surface area contributed by atoms with Crippen LogP contribution in [-0.2, 0) is 11.3 Å². The molecule has 2 fully saturated rings. The van der Waals surface area contributed by atoms with Gasteiger partial charge in [-0.2, -0.15) is 0 Å². The minimum absolute atomic E-state index is 0.332. The normalized spacial score (nSPS) is 23.6. The third-order valence-electron chi connectivity index (χ3n) is 4.43. The van der Waals surface area contributed by atoms with E-state index < -0.39 is 18.2 Å². The maximum absolute atomic E-state index is 12.4. The number of aliphatic imine (C=N–C) groups is 1. The van der Waals surface area contributed by atoms with Crippen LogP contribution in [0, 0.1) is 0 Å². The average molecular weight is 357 g/mol. The Morgan fingerprint density at radius 1 is 1.31 bits per heavy atom. The zero-order chi connectivity index (χ0) is 18.8. The number of methoxy groups -OCH3 is 1. The molecule has 26 heavy (non-hydrogen) atoms. The molecule has 2 N–H and O–H groups in total. The highest BCUT2D eigenvalue weighted by Gasteiger charge is 2.49. The standard InChI is InChI=1S/C18H23N5O3/c1-11(2)10-23-14-15(22(3)18(25)21-16(14)24)20-17(23)19-9-12-5-7-13(26-4)8-6-12/h5-8,14-15H,1,9-10H2,2-4H3,(H,19,20)(H,21,24,25). The van der Waals surface area contributed by atoms with E-state index in [4.69, 9.17) is 4.74 Å². The first-order valence-electron chi connectivity index (χ1n) is 8.33.